The van der Waals surface area contributed by atoms with Crippen LogP contribution in [0.25, 0.3) is 11.4 Å². The quantitative estimate of drug-likeness (QED) is 0.688. The Hall–Kier alpha value is -3.15. The minimum absolute atomic E-state index is 0.158. The zero-order chi connectivity index (χ0) is 19.2. The van der Waals surface area contributed by atoms with Crippen molar-refractivity contribution in [2.75, 3.05) is 0 Å². The number of aromatic nitrogens is 2. The molecule has 6 heteroatoms. The minimum atomic E-state index is -0.581. The Kier molecular flexibility index (Phi) is 5.86. The zero-order valence-corrected chi connectivity index (χ0v) is 15.7. The third-order valence-corrected chi connectivity index (χ3v) is 4.40. The molecule has 1 atom stereocenters. The van der Waals surface area contributed by atoms with Crippen molar-refractivity contribution in [3.8, 4) is 17.1 Å². The molecule has 0 bridgehead atoms. The van der Waals surface area contributed by atoms with E-state index in [-0.39, 0.29) is 12.5 Å². The van der Waals surface area contributed by atoms with Gasteiger partial charge in [0.15, 0.2) is 6.10 Å². The van der Waals surface area contributed by atoms with Crippen molar-refractivity contribution in [2.45, 2.75) is 39.8 Å². The van der Waals surface area contributed by atoms with Crippen LogP contribution in [0.2, 0.25) is 0 Å². The highest BCUT2D eigenvalue weighted by Gasteiger charge is 2.20. The summed E-state index contributed by atoms with van der Waals surface area (Å²) in [6.45, 7) is 6.07. The molecule has 3 rings (SSSR count). The number of benzene rings is 2. The van der Waals surface area contributed by atoms with E-state index in [4.69, 9.17) is 9.26 Å². The first kappa shape index (κ1) is 18.6. The summed E-state index contributed by atoms with van der Waals surface area (Å²) < 4.78 is 11.1. The van der Waals surface area contributed by atoms with Gasteiger partial charge in [0, 0.05) is 5.56 Å². The highest BCUT2D eigenvalue weighted by atomic mass is 16.5. The van der Waals surface area contributed by atoms with Crippen molar-refractivity contribution in [1.29, 1.82) is 0 Å². The molecule has 0 radical (unpaired) electrons. The third-order valence-electron chi connectivity index (χ3n) is 4.40. The average Bonchev–Trinajstić information content (AvgIpc) is 3.17. The molecule has 3 aromatic rings. The van der Waals surface area contributed by atoms with Gasteiger partial charge >= 0.3 is 0 Å². The molecular formula is C21H23N3O3. The number of nitrogens with zero attached hydrogens (tertiary/aromatic N) is 2. The first-order valence-electron chi connectivity index (χ1n) is 8.97. The molecule has 1 aromatic heterocycles. The molecule has 140 valence electrons. The summed E-state index contributed by atoms with van der Waals surface area (Å²) in [6, 6.07) is 15.4. The maximum atomic E-state index is 12.5. The number of carbonyl (C=O) groups excluding carboxylic acids is 1. The molecule has 0 aliphatic carbocycles. The van der Waals surface area contributed by atoms with Gasteiger partial charge in [0.25, 0.3) is 5.91 Å². The molecule has 1 unspecified atom stereocenters. The fraction of sp³-hybridized carbons (Fsp3) is 0.286. The zero-order valence-electron chi connectivity index (χ0n) is 15.7. The van der Waals surface area contributed by atoms with Crippen LogP contribution in [0.1, 0.15) is 30.4 Å². The number of aryl methyl sites for hydroxylation is 1. The lowest BCUT2D eigenvalue weighted by Gasteiger charge is -2.18. The van der Waals surface area contributed by atoms with Crippen LogP contribution in [0.3, 0.4) is 0 Å². The van der Waals surface area contributed by atoms with Gasteiger partial charge < -0.3 is 14.6 Å². The summed E-state index contributed by atoms with van der Waals surface area (Å²) in [4.78, 5) is 16.8. The normalized spacial score (nSPS) is 11.8. The van der Waals surface area contributed by atoms with E-state index >= 15 is 0 Å². The second-order valence-corrected chi connectivity index (χ2v) is 6.31. The molecule has 1 heterocycles. The van der Waals surface area contributed by atoms with Gasteiger partial charge in [-0.2, -0.15) is 4.98 Å². The van der Waals surface area contributed by atoms with Gasteiger partial charge in [-0.1, -0.05) is 54.5 Å². The maximum Gasteiger partial charge on any atom is 0.261 e. The van der Waals surface area contributed by atoms with E-state index < -0.39 is 6.10 Å². The fourth-order valence-electron chi connectivity index (χ4n) is 2.64. The summed E-state index contributed by atoms with van der Waals surface area (Å²) >= 11 is 0. The summed E-state index contributed by atoms with van der Waals surface area (Å²) in [5, 5.41) is 6.76. The number of nitrogens with one attached hydrogen (secondary N) is 1. The Balaban J connectivity index is 1.61. The van der Waals surface area contributed by atoms with Gasteiger partial charge in [-0.05, 0) is 37.5 Å². The second-order valence-electron chi connectivity index (χ2n) is 6.31. The van der Waals surface area contributed by atoms with Gasteiger partial charge in [-0.3, -0.25) is 4.79 Å². The smallest absolute Gasteiger partial charge is 0.261 e. The van der Waals surface area contributed by atoms with Crippen LogP contribution in [-0.4, -0.2) is 22.2 Å². The molecule has 27 heavy (non-hydrogen) atoms. The predicted molar refractivity (Wildman–Crippen MR) is 102 cm³/mol. The summed E-state index contributed by atoms with van der Waals surface area (Å²) in [5.41, 5.74) is 3.03. The molecule has 0 spiro atoms. The van der Waals surface area contributed by atoms with E-state index in [2.05, 4.69) is 15.5 Å². The first-order valence-corrected chi connectivity index (χ1v) is 8.97. The van der Waals surface area contributed by atoms with Gasteiger partial charge in [0.1, 0.15) is 5.75 Å². The average molecular weight is 365 g/mol. The lowest BCUT2D eigenvalue weighted by Crippen LogP contribution is -2.37. The molecular weight excluding hydrogens is 342 g/mol. The lowest BCUT2D eigenvalue weighted by molar-refractivity contribution is -0.128. The van der Waals surface area contributed by atoms with Gasteiger partial charge in [-0.15, -0.1) is 0 Å². The number of ether oxygens (including phenoxy) is 1. The molecule has 0 fully saturated rings. The second kappa shape index (κ2) is 8.49. The van der Waals surface area contributed by atoms with E-state index in [1.165, 1.54) is 0 Å². The number of hydrogen-bond donors (Lipinski definition) is 1. The van der Waals surface area contributed by atoms with Gasteiger partial charge in [0.05, 0.1) is 6.54 Å². The van der Waals surface area contributed by atoms with E-state index in [1.807, 2.05) is 69.3 Å². The topological polar surface area (TPSA) is 77.2 Å². The van der Waals surface area contributed by atoms with Crippen LogP contribution in [0.15, 0.2) is 53.1 Å². The fourth-order valence-corrected chi connectivity index (χ4v) is 2.64. The van der Waals surface area contributed by atoms with Gasteiger partial charge in [0.2, 0.25) is 11.7 Å². The Morgan fingerprint density at radius 1 is 1.15 bits per heavy atom. The molecule has 0 saturated carbocycles. The Morgan fingerprint density at radius 3 is 2.67 bits per heavy atom. The van der Waals surface area contributed by atoms with Crippen molar-refractivity contribution in [2.24, 2.45) is 0 Å². The highest BCUT2D eigenvalue weighted by molar-refractivity contribution is 5.81. The molecule has 0 aliphatic heterocycles. The first-order chi connectivity index (χ1) is 13.1. The standard InChI is InChI=1S/C21H23N3O3/c1-4-17(26-18-12-8-9-14(2)15(18)3)21(25)22-13-19-23-20(24-27-19)16-10-6-5-7-11-16/h5-12,17H,4,13H2,1-3H3,(H,22,25). The molecule has 1 N–H and O–H groups in total. The lowest BCUT2D eigenvalue weighted by atomic mass is 10.1. The minimum Gasteiger partial charge on any atom is -0.480 e. The molecule has 0 aliphatic rings. The van der Waals surface area contributed by atoms with Crippen LogP contribution >= 0.6 is 0 Å². The number of carbonyl (C=O) groups is 1. The van der Waals surface area contributed by atoms with Crippen LogP contribution in [0.5, 0.6) is 5.75 Å². The summed E-state index contributed by atoms with van der Waals surface area (Å²) in [5.74, 6) is 1.36. The Bertz CT molecular complexity index is 906. The van der Waals surface area contributed by atoms with Crippen molar-refractivity contribution < 1.29 is 14.1 Å². The number of rotatable bonds is 7. The molecule has 6 nitrogen and oxygen atoms in total. The SMILES string of the molecule is CCC(Oc1cccc(C)c1C)C(=O)NCc1nc(-c2ccccc2)no1. The predicted octanol–water partition coefficient (Wildman–Crippen LogP) is 3.83. The maximum absolute atomic E-state index is 12.5. The van der Waals surface area contributed by atoms with E-state index in [1.54, 1.807) is 0 Å². The van der Waals surface area contributed by atoms with E-state index in [0.717, 1.165) is 22.4 Å². The molecule has 2 aromatic carbocycles. The van der Waals surface area contributed by atoms with Crippen LogP contribution < -0.4 is 10.1 Å². The summed E-state index contributed by atoms with van der Waals surface area (Å²) in [7, 11) is 0. The Morgan fingerprint density at radius 2 is 1.93 bits per heavy atom. The van der Waals surface area contributed by atoms with Gasteiger partial charge in [-0.25, -0.2) is 0 Å². The van der Waals surface area contributed by atoms with E-state index in [0.29, 0.717) is 18.1 Å². The van der Waals surface area contributed by atoms with Crippen molar-refractivity contribution >= 4 is 5.91 Å². The van der Waals surface area contributed by atoms with Crippen molar-refractivity contribution in [3.63, 3.8) is 0 Å². The van der Waals surface area contributed by atoms with Crippen LogP contribution in [0, 0.1) is 13.8 Å². The molecule has 0 saturated heterocycles. The third kappa shape index (κ3) is 4.53. The number of amides is 1. The number of hydrogen-bond acceptors (Lipinski definition) is 5. The Labute approximate surface area is 158 Å². The highest BCUT2D eigenvalue weighted by Crippen LogP contribution is 2.22. The monoisotopic (exact) mass is 365 g/mol. The van der Waals surface area contributed by atoms with E-state index in [9.17, 15) is 4.79 Å². The van der Waals surface area contributed by atoms with Crippen LogP contribution in [0.4, 0.5) is 0 Å². The van der Waals surface area contributed by atoms with Crippen molar-refractivity contribution in [1.82, 2.24) is 15.5 Å². The largest absolute Gasteiger partial charge is 0.480 e. The molecule has 1 amide bonds. The van der Waals surface area contributed by atoms with Crippen LogP contribution in [-0.2, 0) is 11.3 Å². The van der Waals surface area contributed by atoms with Crippen molar-refractivity contribution in [3.05, 3.63) is 65.5 Å². The summed E-state index contributed by atoms with van der Waals surface area (Å²) in [6.07, 6.45) is -0.0276.